The molecule has 1 saturated carbocycles. The van der Waals surface area contributed by atoms with Gasteiger partial charge in [-0.05, 0) is 80.3 Å². The number of thiophene rings is 1. The van der Waals surface area contributed by atoms with Gasteiger partial charge in [-0.1, -0.05) is 6.92 Å². The van der Waals surface area contributed by atoms with Gasteiger partial charge in [-0.15, -0.1) is 11.3 Å². The SMILES string of the molecule is CCc1cc2c(N3CCC4(CC(Nc5ccc(C(=O)NC)c(CCCN6CCN(S(C)(=O)=O)CC6)c5)C4)C3)ncnc2s1. The van der Waals surface area contributed by atoms with Crippen LogP contribution in [0.5, 0.6) is 0 Å². The largest absolute Gasteiger partial charge is 0.382 e. The summed E-state index contributed by atoms with van der Waals surface area (Å²) in [6.45, 7) is 7.71. The molecule has 1 amide bonds. The molecule has 3 fully saturated rings. The number of aryl methyl sites for hydroxylation is 2. The Balaban J connectivity index is 1.04. The first-order valence-electron chi connectivity index (χ1n) is 15.4. The Morgan fingerprint density at radius 2 is 1.91 bits per heavy atom. The maximum atomic E-state index is 12.6. The van der Waals surface area contributed by atoms with Crippen LogP contribution in [0.3, 0.4) is 0 Å². The second-order valence-corrected chi connectivity index (χ2v) is 15.6. The summed E-state index contributed by atoms with van der Waals surface area (Å²) in [7, 11) is -1.45. The standard InChI is InChI=1S/C31H43N7O3S2/c1-4-25-17-27-28(33-21-34-30(27)42-25)37-11-9-31(20-37)18-24(19-31)35-23-7-8-26(29(39)32-2)22(16-23)6-5-10-36-12-14-38(15-13-36)43(3,40)41/h7-8,16-17,21,24,35H,4-6,9-15,18-20H2,1-3H3,(H,32,39). The van der Waals surface area contributed by atoms with Crippen LogP contribution < -0.4 is 15.5 Å². The smallest absolute Gasteiger partial charge is 0.251 e. The second kappa shape index (κ2) is 12.3. The molecule has 1 spiro atoms. The molecule has 2 aromatic heterocycles. The second-order valence-electron chi connectivity index (χ2n) is 12.5. The topological polar surface area (TPSA) is 111 Å². The number of aromatic nitrogens is 2. The van der Waals surface area contributed by atoms with Gasteiger partial charge in [0.25, 0.3) is 5.91 Å². The van der Waals surface area contributed by atoms with Crippen LogP contribution in [0, 0.1) is 5.41 Å². The maximum Gasteiger partial charge on any atom is 0.251 e. The molecule has 43 heavy (non-hydrogen) atoms. The van der Waals surface area contributed by atoms with Crippen LogP contribution in [0.4, 0.5) is 11.5 Å². The molecule has 3 aliphatic rings. The zero-order valence-corrected chi connectivity index (χ0v) is 27.1. The summed E-state index contributed by atoms with van der Waals surface area (Å²) in [6.07, 6.45) is 9.16. The van der Waals surface area contributed by atoms with Crippen molar-refractivity contribution in [1.29, 1.82) is 0 Å². The molecule has 2 aliphatic heterocycles. The minimum atomic E-state index is -3.13. The molecular formula is C31H43N7O3S2. The molecule has 1 aromatic carbocycles. The fourth-order valence-electron chi connectivity index (χ4n) is 7.12. The number of carbonyl (C=O) groups excluding carboxylic acids is 1. The van der Waals surface area contributed by atoms with Gasteiger partial charge in [-0.3, -0.25) is 4.79 Å². The van der Waals surface area contributed by atoms with E-state index >= 15 is 0 Å². The quantitative estimate of drug-likeness (QED) is 0.352. The molecule has 0 radical (unpaired) electrons. The molecule has 3 aromatic rings. The van der Waals surface area contributed by atoms with E-state index in [1.165, 1.54) is 22.9 Å². The van der Waals surface area contributed by atoms with Gasteiger partial charge >= 0.3 is 0 Å². The molecule has 232 valence electrons. The lowest BCUT2D eigenvalue weighted by atomic mass is 9.65. The fourth-order valence-corrected chi connectivity index (χ4v) is 8.87. The molecule has 2 N–H and O–H groups in total. The van der Waals surface area contributed by atoms with Gasteiger partial charge in [0.2, 0.25) is 10.0 Å². The third-order valence-electron chi connectivity index (χ3n) is 9.47. The van der Waals surface area contributed by atoms with E-state index in [1.807, 2.05) is 12.1 Å². The molecule has 1 aliphatic carbocycles. The first kappa shape index (κ1) is 30.2. The molecule has 0 bridgehead atoms. The molecule has 12 heteroatoms. The average molecular weight is 626 g/mol. The van der Waals surface area contributed by atoms with E-state index in [4.69, 9.17) is 4.98 Å². The van der Waals surface area contributed by atoms with Gasteiger partial charge in [-0.25, -0.2) is 18.4 Å². The first-order valence-corrected chi connectivity index (χ1v) is 18.1. The summed E-state index contributed by atoms with van der Waals surface area (Å²) >= 11 is 1.77. The number of nitrogens with one attached hydrogen (secondary N) is 2. The van der Waals surface area contributed by atoms with Crippen molar-refractivity contribution in [3.63, 3.8) is 0 Å². The van der Waals surface area contributed by atoms with Gasteiger partial charge in [0, 0.05) is 68.5 Å². The number of nitrogens with zero attached hydrogens (tertiary/aromatic N) is 5. The van der Waals surface area contributed by atoms with E-state index in [0.717, 1.165) is 92.3 Å². The highest BCUT2D eigenvalue weighted by Gasteiger charge is 2.49. The monoisotopic (exact) mass is 625 g/mol. The lowest BCUT2D eigenvalue weighted by Crippen LogP contribution is -2.48. The highest BCUT2D eigenvalue weighted by atomic mass is 32.2. The average Bonchev–Trinajstić information content (AvgIpc) is 3.61. The van der Waals surface area contributed by atoms with Gasteiger partial charge in [-0.2, -0.15) is 4.31 Å². The molecule has 0 atom stereocenters. The zero-order chi connectivity index (χ0) is 30.2. The van der Waals surface area contributed by atoms with E-state index in [0.29, 0.717) is 24.5 Å². The van der Waals surface area contributed by atoms with E-state index in [1.54, 1.807) is 29.0 Å². The van der Waals surface area contributed by atoms with Gasteiger partial charge in [0.15, 0.2) is 0 Å². The van der Waals surface area contributed by atoms with Gasteiger partial charge < -0.3 is 20.4 Å². The number of fused-ring (bicyclic) bond motifs is 1. The van der Waals surface area contributed by atoms with E-state index in [-0.39, 0.29) is 5.91 Å². The van der Waals surface area contributed by atoms with Crippen molar-refractivity contribution in [2.45, 2.75) is 51.5 Å². The molecule has 6 rings (SSSR count). The Bertz CT molecular complexity index is 1580. The Morgan fingerprint density at radius 1 is 1.12 bits per heavy atom. The van der Waals surface area contributed by atoms with Crippen LogP contribution >= 0.6 is 11.3 Å². The van der Waals surface area contributed by atoms with Crippen LogP contribution in [0.15, 0.2) is 30.6 Å². The fraction of sp³-hybridized carbons (Fsp3) is 0.581. The van der Waals surface area contributed by atoms with E-state index < -0.39 is 10.0 Å². The van der Waals surface area contributed by atoms with Crippen LogP contribution in [-0.4, -0.2) is 98.7 Å². The number of hydrogen-bond acceptors (Lipinski definition) is 9. The Morgan fingerprint density at radius 3 is 2.63 bits per heavy atom. The van der Waals surface area contributed by atoms with Crippen molar-refractivity contribution in [2.75, 3.05) is 69.3 Å². The van der Waals surface area contributed by atoms with Crippen LogP contribution in [-0.2, 0) is 22.9 Å². The molecular weight excluding hydrogens is 583 g/mol. The summed E-state index contributed by atoms with van der Waals surface area (Å²) in [5.41, 5.74) is 3.17. The van der Waals surface area contributed by atoms with E-state index in [2.05, 4.69) is 44.5 Å². The number of anilines is 2. The molecule has 2 saturated heterocycles. The molecule has 4 heterocycles. The van der Waals surface area contributed by atoms with Crippen molar-refractivity contribution in [3.05, 3.63) is 46.6 Å². The number of hydrogen-bond donors (Lipinski definition) is 2. The number of benzene rings is 1. The maximum absolute atomic E-state index is 12.6. The third-order valence-corrected chi connectivity index (χ3v) is 12.0. The van der Waals surface area contributed by atoms with Crippen molar-refractivity contribution in [3.8, 4) is 0 Å². The number of amides is 1. The number of rotatable bonds is 10. The summed E-state index contributed by atoms with van der Waals surface area (Å²) in [6, 6.07) is 8.81. The Kier molecular flexibility index (Phi) is 8.65. The lowest BCUT2D eigenvalue weighted by molar-refractivity contribution is 0.0962. The number of piperazine rings is 1. The van der Waals surface area contributed by atoms with Crippen molar-refractivity contribution < 1.29 is 13.2 Å². The summed E-state index contributed by atoms with van der Waals surface area (Å²) in [5, 5.41) is 7.74. The van der Waals surface area contributed by atoms with E-state index in [9.17, 15) is 13.2 Å². The minimum absolute atomic E-state index is 0.0625. The number of carbonyl (C=O) groups is 1. The first-order chi connectivity index (χ1) is 20.7. The normalized spacial score (nSPS) is 23.1. The number of sulfonamides is 1. The van der Waals surface area contributed by atoms with Crippen molar-refractivity contribution >= 4 is 49.0 Å². The predicted molar refractivity (Wildman–Crippen MR) is 174 cm³/mol. The van der Waals surface area contributed by atoms with Crippen molar-refractivity contribution in [1.82, 2.24) is 24.5 Å². The highest BCUT2D eigenvalue weighted by Crippen LogP contribution is 2.50. The molecule has 10 nitrogen and oxygen atoms in total. The van der Waals surface area contributed by atoms with Crippen molar-refractivity contribution in [2.24, 2.45) is 5.41 Å². The van der Waals surface area contributed by atoms with Crippen LogP contribution in [0.1, 0.15) is 53.4 Å². The zero-order valence-electron chi connectivity index (χ0n) is 25.4. The van der Waals surface area contributed by atoms with Gasteiger partial charge in [0.1, 0.15) is 17.0 Å². The summed E-state index contributed by atoms with van der Waals surface area (Å²) in [4.78, 5) is 29.1. The van der Waals surface area contributed by atoms with Crippen LogP contribution in [0.25, 0.3) is 10.2 Å². The van der Waals surface area contributed by atoms with Gasteiger partial charge in [0.05, 0.1) is 11.6 Å². The summed E-state index contributed by atoms with van der Waals surface area (Å²) in [5.74, 6) is 1.02. The van der Waals surface area contributed by atoms with Crippen LogP contribution in [0.2, 0.25) is 0 Å². The third kappa shape index (κ3) is 6.52. The Labute approximate surface area is 258 Å². The minimum Gasteiger partial charge on any atom is -0.382 e. The predicted octanol–water partition coefficient (Wildman–Crippen LogP) is 3.59. The Hall–Kier alpha value is -2.80. The highest BCUT2D eigenvalue weighted by molar-refractivity contribution is 7.88. The molecule has 0 unspecified atom stereocenters. The summed E-state index contributed by atoms with van der Waals surface area (Å²) < 4.78 is 25.2. The lowest BCUT2D eigenvalue weighted by Gasteiger charge is -2.46.